The first-order valence-corrected chi connectivity index (χ1v) is 3.16. The van der Waals surface area contributed by atoms with Crippen LogP contribution in [0.2, 0.25) is 0 Å². The van der Waals surface area contributed by atoms with E-state index in [0.717, 1.165) is 12.5 Å². The van der Waals surface area contributed by atoms with Crippen molar-refractivity contribution in [1.82, 2.24) is 0 Å². The van der Waals surface area contributed by atoms with Crippen molar-refractivity contribution in [3.63, 3.8) is 0 Å². The number of hydrogen-bond donors (Lipinski definition) is 0. The zero-order chi connectivity index (χ0) is 5.40. The predicted octanol–water partition coefficient (Wildman–Crippen LogP) is 0.769. The molecule has 1 saturated carbocycles. The maximum absolute atomic E-state index is 5.25. The summed E-state index contributed by atoms with van der Waals surface area (Å²) in [5, 5.41) is 0. The quantitative estimate of drug-likeness (QED) is 0.463. The zero-order valence-corrected chi connectivity index (χ0v) is 4.80. The molecular weight excluding hydrogens is 104 g/mol. The highest BCUT2D eigenvalue weighted by Crippen LogP contribution is 2.37. The van der Waals surface area contributed by atoms with E-state index in [4.69, 9.17) is 9.47 Å². The van der Waals surface area contributed by atoms with Gasteiger partial charge in [-0.2, -0.15) is 0 Å². The van der Waals surface area contributed by atoms with Crippen LogP contribution in [0, 0.1) is 5.92 Å². The van der Waals surface area contributed by atoms with Gasteiger partial charge in [0, 0.05) is 6.61 Å². The molecule has 2 heteroatoms. The van der Waals surface area contributed by atoms with Crippen molar-refractivity contribution in [1.29, 1.82) is 0 Å². The zero-order valence-electron chi connectivity index (χ0n) is 4.80. The van der Waals surface area contributed by atoms with E-state index in [1.165, 1.54) is 12.8 Å². The van der Waals surface area contributed by atoms with Gasteiger partial charge < -0.3 is 9.47 Å². The normalized spacial score (nSPS) is 45.0. The van der Waals surface area contributed by atoms with E-state index >= 15 is 0 Å². The standard InChI is InChI=1S/C6H10O2/c1-2-7-4-8-6-3-5(1)6/h5-6H,1-4H2. The summed E-state index contributed by atoms with van der Waals surface area (Å²) in [6.45, 7) is 1.43. The van der Waals surface area contributed by atoms with Crippen molar-refractivity contribution >= 4 is 0 Å². The molecule has 1 saturated heterocycles. The summed E-state index contributed by atoms with van der Waals surface area (Å²) < 4.78 is 10.3. The topological polar surface area (TPSA) is 18.5 Å². The second kappa shape index (κ2) is 1.71. The largest absolute Gasteiger partial charge is 0.355 e. The molecule has 2 nitrogen and oxygen atoms in total. The van der Waals surface area contributed by atoms with Crippen LogP contribution in [0.15, 0.2) is 0 Å². The molecule has 2 atom stereocenters. The van der Waals surface area contributed by atoms with Crippen molar-refractivity contribution in [2.45, 2.75) is 18.9 Å². The average Bonchev–Trinajstić information content (AvgIpc) is 2.36. The predicted molar refractivity (Wildman–Crippen MR) is 28.4 cm³/mol. The molecule has 0 amide bonds. The van der Waals surface area contributed by atoms with E-state index in [2.05, 4.69) is 0 Å². The van der Waals surface area contributed by atoms with Gasteiger partial charge in [0.05, 0.1) is 6.10 Å². The Kier molecular flexibility index (Phi) is 1.02. The lowest BCUT2D eigenvalue weighted by Gasteiger charge is -1.96. The third kappa shape index (κ3) is 0.740. The van der Waals surface area contributed by atoms with Crippen molar-refractivity contribution in [3.8, 4) is 0 Å². The Bertz CT molecular complexity index is 82.5. The number of ether oxygens (including phenoxy) is 2. The molecule has 1 aliphatic carbocycles. The first-order valence-electron chi connectivity index (χ1n) is 3.16. The highest BCUT2D eigenvalue weighted by atomic mass is 16.7. The van der Waals surface area contributed by atoms with Crippen LogP contribution in [-0.4, -0.2) is 19.5 Å². The van der Waals surface area contributed by atoms with Crippen molar-refractivity contribution < 1.29 is 9.47 Å². The summed E-state index contributed by atoms with van der Waals surface area (Å²) in [5.41, 5.74) is 0. The lowest BCUT2D eigenvalue weighted by Crippen LogP contribution is -1.97. The molecule has 1 aliphatic heterocycles. The monoisotopic (exact) mass is 114 g/mol. The van der Waals surface area contributed by atoms with E-state index in [1.807, 2.05) is 0 Å². The summed E-state index contributed by atoms with van der Waals surface area (Å²) in [5.74, 6) is 0.845. The van der Waals surface area contributed by atoms with Gasteiger partial charge in [-0.25, -0.2) is 0 Å². The van der Waals surface area contributed by atoms with Gasteiger partial charge in [-0.05, 0) is 18.8 Å². The summed E-state index contributed by atoms with van der Waals surface area (Å²) in [6, 6.07) is 0. The third-order valence-electron chi connectivity index (χ3n) is 1.86. The van der Waals surface area contributed by atoms with Crippen LogP contribution in [0.4, 0.5) is 0 Å². The number of rotatable bonds is 0. The van der Waals surface area contributed by atoms with Crippen LogP contribution < -0.4 is 0 Å². The molecule has 0 radical (unpaired) electrons. The number of hydrogen-bond acceptors (Lipinski definition) is 2. The average molecular weight is 114 g/mol. The Labute approximate surface area is 48.8 Å². The Morgan fingerprint density at radius 3 is 3.38 bits per heavy atom. The van der Waals surface area contributed by atoms with E-state index in [1.54, 1.807) is 0 Å². The molecule has 2 fully saturated rings. The fraction of sp³-hybridized carbons (Fsp3) is 1.00. The van der Waals surface area contributed by atoms with Gasteiger partial charge in [-0.3, -0.25) is 0 Å². The van der Waals surface area contributed by atoms with Crippen molar-refractivity contribution in [3.05, 3.63) is 0 Å². The highest BCUT2D eigenvalue weighted by molar-refractivity contribution is 4.87. The highest BCUT2D eigenvalue weighted by Gasteiger charge is 2.38. The Balaban J connectivity index is 1.89. The minimum atomic E-state index is 0.529. The van der Waals surface area contributed by atoms with E-state index < -0.39 is 0 Å². The van der Waals surface area contributed by atoms with E-state index in [0.29, 0.717) is 12.9 Å². The maximum atomic E-state index is 5.25. The van der Waals surface area contributed by atoms with Gasteiger partial charge in [0.2, 0.25) is 0 Å². The molecule has 2 unspecified atom stereocenters. The Morgan fingerprint density at radius 1 is 1.38 bits per heavy atom. The Morgan fingerprint density at radius 2 is 2.38 bits per heavy atom. The second-order valence-corrected chi connectivity index (χ2v) is 2.52. The Hall–Kier alpha value is -0.0800. The van der Waals surface area contributed by atoms with Gasteiger partial charge in [-0.1, -0.05) is 0 Å². The van der Waals surface area contributed by atoms with Gasteiger partial charge in [-0.15, -0.1) is 0 Å². The first-order chi connectivity index (χ1) is 3.97. The van der Waals surface area contributed by atoms with Crippen LogP contribution in [0.25, 0.3) is 0 Å². The molecule has 0 bridgehead atoms. The molecular formula is C6H10O2. The smallest absolute Gasteiger partial charge is 0.147 e. The van der Waals surface area contributed by atoms with Gasteiger partial charge in [0.15, 0.2) is 0 Å². The minimum absolute atomic E-state index is 0.529. The SMILES string of the molecule is C1CC2CC2OCO1. The first kappa shape index (κ1) is 4.77. The summed E-state index contributed by atoms with van der Waals surface area (Å²) in [4.78, 5) is 0. The minimum Gasteiger partial charge on any atom is -0.355 e. The summed E-state index contributed by atoms with van der Waals surface area (Å²) in [6.07, 6.45) is 3.06. The number of fused-ring (bicyclic) bond motifs is 1. The van der Waals surface area contributed by atoms with Gasteiger partial charge in [0.1, 0.15) is 6.79 Å². The van der Waals surface area contributed by atoms with E-state index in [-0.39, 0.29) is 0 Å². The fourth-order valence-corrected chi connectivity index (χ4v) is 1.16. The van der Waals surface area contributed by atoms with Crippen LogP contribution in [0.5, 0.6) is 0 Å². The lowest BCUT2D eigenvalue weighted by molar-refractivity contribution is -0.0480. The molecule has 2 aliphatic rings. The fourth-order valence-electron chi connectivity index (χ4n) is 1.16. The molecule has 46 valence electrons. The third-order valence-corrected chi connectivity index (χ3v) is 1.86. The molecule has 1 heterocycles. The van der Waals surface area contributed by atoms with Gasteiger partial charge >= 0.3 is 0 Å². The van der Waals surface area contributed by atoms with Gasteiger partial charge in [0.25, 0.3) is 0 Å². The van der Waals surface area contributed by atoms with Crippen LogP contribution in [0.1, 0.15) is 12.8 Å². The van der Waals surface area contributed by atoms with Crippen LogP contribution >= 0.6 is 0 Å². The van der Waals surface area contributed by atoms with Crippen molar-refractivity contribution in [2.24, 2.45) is 5.92 Å². The molecule has 8 heavy (non-hydrogen) atoms. The second-order valence-electron chi connectivity index (χ2n) is 2.52. The molecule has 0 aromatic rings. The van der Waals surface area contributed by atoms with Crippen molar-refractivity contribution in [2.75, 3.05) is 13.4 Å². The lowest BCUT2D eigenvalue weighted by atomic mass is 10.3. The van der Waals surface area contributed by atoms with E-state index in [9.17, 15) is 0 Å². The molecule has 0 N–H and O–H groups in total. The molecule has 0 aromatic carbocycles. The maximum Gasteiger partial charge on any atom is 0.147 e. The summed E-state index contributed by atoms with van der Waals surface area (Å²) >= 11 is 0. The summed E-state index contributed by atoms with van der Waals surface area (Å²) in [7, 11) is 0. The molecule has 2 rings (SSSR count). The molecule has 0 spiro atoms. The van der Waals surface area contributed by atoms with Crippen LogP contribution in [0.3, 0.4) is 0 Å². The molecule has 0 aromatic heterocycles. The van der Waals surface area contributed by atoms with Crippen LogP contribution in [-0.2, 0) is 9.47 Å².